The molecule has 0 bridgehead atoms. The molecular weight excluding hydrogens is 404 g/mol. The lowest BCUT2D eigenvalue weighted by molar-refractivity contribution is -0.134. The number of halogens is 1. The van der Waals surface area contributed by atoms with Gasteiger partial charge in [0.1, 0.15) is 6.04 Å². The Kier molecular flexibility index (Phi) is 5.78. The number of benzene rings is 1. The van der Waals surface area contributed by atoms with Crippen molar-refractivity contribution in [1.82, 2.24) is 9.79 Å². The van der Waals surface area contributed by atoms with E-state index in [-0.39, 0.29) is 11.4 Å². The molecule has 1 fully saturated rings. The van der Waals surface area contributed by atoms with Crippen LogP contribution in [0.1, 0.15) is 19.4 Å². The number of alkyl halides is 1. The second kappa shape index (κ2) is 7.10. The summed E-state index contributed by atoms with van der Waals surface area (Å²) < 4.78 is 26.4. The highest BCUT2D eigenvalue weighted by Gasteiger charge is 2.48. The Bertz CT molecular complexity index is 677. The molecule has 1 atom stereocenters. The van der Waals surface area contributed by atoms with E-state index in [1.807, 2.05) is 0 Å². The van der Waals surface area contributed by atoms with Gasteiger partial charge in [-0.05, 0) is 31.5 Å². The van der Waals surface area contributed by atoms with Gasteiger partial charge in [-0.2, -0.15) is 16.1 Å². The first kappa shape index (κ1) is 18.7. The van der Waals surface area contributed by atoms with Gasteiger partial charge in [-0.3, -0.25) is 10.0 Å². The Balaban J connectivity index is 2.44. The van der Waals surface area contributed by atoms with E-state index < -0.39 is 26.7 Å². The van der Waals surface area contributed by atoms with Crippen LogP contribution in [0.5, 0.6) is 0 Å². The fraction of sp³-hybridized carbons (Fsp3) is 0.500. The molecule has 6 nitrogen and oxygen atoms in total. The van der Waals surface area contributed by atoms with E-state index in [1.165, 1.54) is 28.2 Å². The van der Waals surface area contributed by atoms with Gasteiger partial charge < -0.3 is 0 Å². The molecule has 0 radical (unpaired) electrons. The minimum absolute atomic E-state index is 0.139. The van der Waals surface area contributed by atoms with Crippen LogP contribution in [0.15, 0.2) is 29.2 Å². The van der Waals surface area contributed by atoms with Crippen LogP contribution in [0.25, 0.3) is 0 Å². The topological polar surface area (TPSA) is 86.7 Å². The zero-order valence-corrected chi connectivity index (χ0v) is 16.0. The Hall–Kier alpha value is -0.610. The molecular formula is C14H19BrN2O4S2. The van der Waals surface area contributed by atoms with Crippen LogP contribution >= 0.6 is 27.7 Å². The summed E-state index contributed by atoms with van der Waals surface area (Å²) in [4.78, 5) is 12.2. The number of hydrogen-bond donors (Lipinski definition) is 2. The number of hydrogen-bond acceptors (Lipinski definition) is 5. The van der Waals surface area contributed by atoms with Crippen molar-refractivity contribution in [3.63, 3.8) is 0 Å². The molecule has 1 aliphatic heterocycles. The maximum atomic E-state index is 12.9. The first-order valence-corrected chi connectivity index (χ1v) is 10.5. The van der Waals surface area contributed by atoms with Crippen molar-refractivity contribution in [2.45, 2.75) is 34.9 Å². The van der Waals surface area contributed by atoms with Gasteiger partial charge in [0.25, 0.3) is 5.91 Å². The molecule has 9 heteroatoms. The second-order valence-electron chi connectivity index (χ2n) is 5.72. The lowest BCUT2D eigenvalue weighted by atomic mass is 10.0. The minimum atomic E-state index is -3.83. The molecule has 1 aliphatic rings. The number of carbonyl (C=O) groups is 1. The van der Waals surface area contributed by atoms with Crippen LogP contribution in [0.4, 0.5) is 0 Å². The van der Waals surface area contributed by atoms with Crippen LogP contribution in [0, 0.1) is 0 Å². The Morgan fingerprint density at radius 1 is 1.43 bits per heavy atom. The van der Waals surface area contributed by atoms with Gasteiger partial charge in [0, 0.05) is 22.4 Å². The molecule has 0 spiro atoms. The zero-order chi connectivity index (χ0) is 17.3. The van der Waals surface area contributed by atoms with Gasteiger partial charge in [0.05, 0.1) is 4.90 Å². The van der Waals surface area contributed by atoms with Crippen molar-refractivity contribution in [1.29, 1.82) is 0 Å². The molecule has 1 heterocycles. The van der Waals surface area contributed by atoms with Crippen molar-refractivity contribution in [3.8, 4) is 0 Å². The van der Waals surface area contributed by atoms with Gasteiger partial charge in [-0.25, -0.2) is 13.9 Å². The van der Waals surface area contributed by atoms with Crippen molar-refractivity contribution in [2.75, 3.05) is 12.3 Å². The quantitative estimate of drug-likeness (QED) is 0.439. The Labute approximate surface area is 148 Å². The van der Waals surface area contributed by atoms with Crippen LogP contribution in [0.3, 0.4) is 0 Å². The van der Waals surface area contributed by atoms with E-state index in [1.54, 1.807) is 31.5 Å². The van der Waals surface area contributed by atoms with E-state index in [9.17, 15) is 13.2 Å². The number of sulfonamides is 1. The number of rotatable bonds is 4. The first-order valence-electron chi connectivity index (χ1n) is 6.98. The maximum absolute atomic E-state index is 12.9. The zero-order valence-electron chi connectivity index (χ0n) is 12.8. The lowest BCUT2D eigenvalue weighted by Gasteiger charge is -2.43. The lowest BCUT2D eigenvalue weighted by Crippen LogP contribution is -2.61. The normalized spacial score (nSPS) is 21.8. The van der Waals surface area contributed by atoms with E-state index in [0.717, 1.165) is 5.56 Å². The van der Waals surface area contributed by atoms with Crippen molar-refractivity contribution < 1.29 is 18.4 Å². The molecule has 2 rings (SSSR count). The average Bonchev–Trinajstić information content (AvgIpc) is 2.53. The summed E-state index contributed by atoms with van der Waals surface area (Å²) in [6, 6.07) is 5.55. The summed E-state index contributed by atoms with van der Waals surface area (Å²) in [6.07, 6.45) is 0. The number of thioether (sulfide) groups is 1. The molecule has 1 aromatic carbocycles. The molecule has 0 unspecified atom stereocenters. The van der Waals surface area contributed by atoms with Crippen molar-refractivity contribution >= 4 is 43.6 Å². The number of nitrogens with zero attached hydrogens (tertiary/aromatic N) is 1. The van der Waals surface area contributed by atoms with Gasteiger partial charge in [0.2, 0.25) is 10.0 Å². The van der Waals surface area contributed by atoms with Gasteiger partial charge in [0.15, 0.2) is 0 Å². The maximum Gasteiger partial charge on any atom is 0.263 e. The molecule has 23 heavy (non-hydrogen) atoms. The number of hydroxylamine groups is 1. The minimum Gasteiger partial charge on any atom is -0.289 e. The largest absolute Gasteiger partial charge is 0.289 e. The standard InChI is InChI=1S/C14H19BrN2O4S2/c1-14(2)12(13(18)16-19)17(7-8-22-14)23(20,21)11-5-3-10(9-15)4-6-11/h3-6,12,19H,7-9H2,1-2H3,(H,16,18)/t12-/m0/s1. The molecule has 0 aromatic heterocycles. The Morgan fingerprint density at radius 3 is 2.57 bits per heavy atom. The van der Waals surface area contributed by atoms with Crippen LogP contribution < -0.4 is 5.48 Å². The third kappa shape index (κ3) is 3.74. The SMILES string of the molecule is CC1(C)SCCN(S(=O)(=O)c2ccc(CBr)cc2)[C@H]1C(=O)NO. The van der Waals surface area contributed by atoms with Gasteiger partial charge >= 0.3 is 0 Å². The summed E-state index contributed by atoms with van der Waals surface area (Å²) >= 11 is 4.83. The van der Waals surface area contributed by atoms with Crippen LogP contribution in [-0.2, 0) is 20.1 Å². The summed E-state index contributed by atoms with van der Waals surface area (Å²) in [5.74, 6) is -0.135. The predicted molar refractivity (Wildman–Crippen MR) is 93.2 cm³/mol. The summed E-state index contributed by atoms with van der Waals surface area (Å²) in [5, 5.41) is 9.64. The number of amides is 1. The third-order valence-electron chi connectivity index (χ3n) is 3.78. The predicted octanol–water partition coefficient (Wildman–Crippen LogP) is 1.97. The summed E-state index contributed by atoms with van der Waals surface area (Å²) in [6.45, 7) is 3.81. The molecule has 0 aliphatic carbocycles. The van der Waals surface area contributed by atoms with Crippen LogP contribution in [-0.4, -0.2) is 46.9 Å². The second-order valence-corrected chi connectivity index (χ2v) is 9.92. The molecule has 128 valence electrons. The fourth-order valence-electron chi connectivity index (χ4n) is 2.61. The number of nitrogens with one attached hydrogen (secondary N) is 1. The van der Waals surface area contributed by atoms with Crippen molar-refractivity contribution in [3.05, 3.63) is 29.8 Å². The smallest absolute Gasteiger partial charge is 0.263 e. The van der Waals surface area contributed by atoms with Gasteiger partial charge in [-0.15, -0.1) is 0 Å². The fourth-order valence-corrected chi connectivity index (χ4v) is 6.09. The van der Waals surface area contributed by atoms with E-state index in [0.29, 0.717) is 11.1 Å². The van der Waals surface area contributed by atoms with E-state index in [2.05, 4.69) is 15.9 Å². The molecule has 1 amide bonds. The highest BCUT2D eigenvalue weighted by Crippen LogP contribution is 2.38. The average molecular weight is 423 g/mol. The third-order valence-corrected chi connectivity index (χ3v) is 7.66. The van der Waals surface area contributed by atoms with Crippen LogP contribution in [0.2, 0.25) is 0 Å². The summed E-state index contributed by atoms with van der Waals surface area (Å²) in [7, 11) is -3.83. The molecule has 0 saturated carbocycles. The van der Waals surface area contributed by atoms with E-state index >= 15 is 0 Å². The highest BCUT2D eigenvalue weighted by molar-refractivity contribution is 9.08. The molecule has 1 saturated heterocycles. The molecule has 1 aromatic rings. The Morgan fingerprint density at radius 2 is 2.04 bits per heavy atom. The molecule has 2 N–H and O–H groups in total. The number of carbonyl (C=O) groups excluding carboxylic acids is 1. The monoisotopic (exact) mass is 422 g/mol. The first-order chi connectivity index (χ1) is 10.7. The van der Waals surface area contributed by atoms with Crippen molar-refractivity contribution in [2.24, 2.45) is 0 Å². The van der Waals surface area contributed by atoms with Gasteiger partial charge in [-0.1, -0.05) is 28.1 Å². The summed E-state index contributed by atoms with van der Waals surface area (Å²) in [5.41, 5.74) is 2.56. The highest BCUT2D eigenvalue weighted by atomic mass is 79.9. The van der Waals surface area contributed by atoms with E-state index in [4.69, 9.17) is 5.21 Å².